The molecule has 0 aliphatic heterocycles. The number of hydrogen-bond acceptors (Lipinski definition) is 3. The molecular formula is C21H20ClN3. The molecule has 0 spiro atoms. The van der Waals surface area contributed by atoms with Gasteiger partial charge in [-0.05, 0) is 30.3 Å². The van der Waals surface area contributed by atoms with E-state index >= 15 is 0 Å². The van der Waals surface area contributed by atoms with Gasteiger partial charge in [0.1, 0.15) is 5.71 Å². The average Bonchev–Trinajstić information content (AvgIpc) is 2.67. The molecule has 0 saturated heterocycles. The third-order valence-electron chi connectivity index (χ3n) is 3.93. The largest absolute Gasteiger partial charge is 0.388 e. The van der Waals surface area contributed by atoms with E-state index in [4.69, 9.17) is 16.7 Å². The third kappa shape index (κ3) is 4.01. The highest BCUT2D eigenvalue weighted by Gasteiger charge is 2.14. The lowest BCUT2D eigenvalue weighted by molar-refractivity contribution is 1.02. The topological polar surface area (TPSA) is 27.6 Å². The van der Waals surface area contributed by atoms with Gasteiger partial charge in [-0.1, -0.05) is 60.1 Å². The molecule has 4 heteroatoms. The van der Waals surface area contributed by atoms with E-state index < -0.39 is 0 Å². The summed E-state index contributed by atoms with van der Waals surface area (Å²) in [5.41, 5.74) is 4.85. The van der Waals surface area contributed by atoms with Crippen LogP contribution in [0, 0.1) is 0 Å². The van der Waals surface area contributed by atoms with Crippen LogP contribution < -0.4 is 10.3 Å². The van der Waals surface area contributed by atoms with Crippen LogP contribution in [0.3, 0.4) is 0 Å². The summed E-state index contributed by atoms with van der Waals surface area (Å²) in [6, 6.07) is 26.0. The summed E-state index contributed by atoms with van der Waals surface area (Å²) in [6.45, 7) is 0. The second-order valence-electron chi connectivity index (χ2n) is 5.61. The first-order valence-electron chi connectivity index (χ1n) is 8.09. The highest BCUT2D eigenvalue weighted by molar-refractivity contribution is 6.31. The number of benzene rings is 3. The van der Waals surface area contributed by atoms with Crippen molar-refractivity contribution in [1.82, 2.24) is 0 Å². The highest BCUT2D eigenvalue weighted by Crippen LogP contribution is 2.25. The molecule has 0 aliphatic carbocycles. The average molecular weight is 350 g/mol. The fourth-order valence-electron chi connectivity index (χ4n) is 2.64. The van der Waals surface area contributed by atoms with Crippen molar-refractivity contribution in [1.29, 1.82) is 0 Å². The molecule has 25 heavy (non-hydrogen) atoms. The molecule has 0 heterocycles. The first-order chi connectivity index (χ1) is 12.2. The zero-order valence-electron chi connectivity index (χ0n) is 14.3. The summed E-state index contributed by atoms with van der Waals surface area (Å²) in [5.74, 6) is 0. The van der Waals surface area contributed by atoms with Crippen molar-refractivity contribution in [2.24, 2.45) is 5.10 Å². The summed E-state index contributed by atoms with van der Waals surface area (Å²) in [5, 5.41) is 10.7. The number of rotatable bonds is 5. The predicted molar refractivity (Wildman–Crippen MR) is 108 cm³/mol. The van der Waals surface area contributed by atoms with Gasteiger partial charge in [-0.2, -0.15) is 5.10 Å². The normalized spacial score (nSPS) is 11.2. The molecule has 3 nitrogen and oxygen atoms in total. The quantitative estimate of drug-likeness (QED) is 0.502. The van der Waals surface area contributed by atoms with Gasteiger partial charge in [0.05, 0.1) is 5.69 Å². The number of nitrogens with zero attached hydrogens (tertiary/aromatic N) is 2. The molecule has 0 unspecified atom stereocenters. The third-order valence-corrected chi connectivity index (χ3v) is 4.17. The number of anilines is 2. The number of para-hydroxylation sites is 1. The first kappa shape index (κ1) is 17.1. The van der Waals surface area contributed by atoms with Crippen molar-refractivity contribution in [3.05, 3.63) is 95.0 Å². The van der Waals surface area contributed by atoms with Crippen LogP contribution in [0.2, 0.25) is 5.02 Å². The van der Waals surface area contributed by atoms with Crippen LogP contribution in [0.15, 0.2) is 84.0 Å². The fourth-order valence-corrected chi connectivity index (χ4v) is 2.82. The minimum Gasteiger partial charge on any atom is -0.388 e. The van der Waals surface area contributed by atoms with Crippen LogP contribution in [0.1, 0.15) is 11.1 Å². The standard InChI is InChI=1S/C21H20ClN3/c1-23-20-14-13-17(22)15-19(20)21(16-9-5-3-6-10-16)24-25(2)18-11-7-4-8-12-18/h3-15,23H,1-2H3/b24-21+. The summed E-state index contributed by atoms with van der Waals surface area (Å²) < 4.78 is 0. The predicted octanol–water partition coefficient (Wildman–Crippen LogP) is 5.27. The molecule has 0 fully saturated rings. The van der Waals surface area contributed by atoms with Gasteiger partial charge in [0, 0.05) is 35.9 Å². The Bertz CT molecular complexity index is 861. The summed E-state index contributed by atoms with van der Waals surface area (Å²) in [6.07, 6.45) is 0. The van der Waals surface area contributed by atoms with E-state index in [9.17, 15) is 0 Å². The zero-order valence-corrected chi connectivity index (χ0v) is 15.0. The second kappa shape index (κ2) is 7.86. The van der Waals surface area contributed by atoms with Crippen LogP contribution in [-0.4, -0.2) is 19.8 Å². The summed E-state index contributed by atoms with van der Waals surface area (Å²) in [7, 11) is 3.85. The minimum absolute atomic E-state index is 0.681. The molecule has 0 aromatic heterocycles. The SMILES string of the molecule is CNc1ccc(Cl)cc1/C(=N/N(C)c1ccccc1)c1ccccc1. The van der Waals surface area contributed by atoms with Crippen molar-refractivity contribution in [3.63, 3.8) is 0 Å². The van der Waals surface area contributed by atoms with Gasteiger partial charge in [0.2, 0.25) is 0 Å². The van der Waals surface area contributed by atoms with Crippen molar-refractivity contribution in [2.75, 3.05) is 24.4 Å². The molecule has 0 aliphatic rings. The van der Waals surface area contributed by atoms with Crippen molar-refractivity contribution < 1.29 is 0 Å². The lowest BCUT2D eigenvalue weighted by Gasteiger charge is -2.18. The van der Waals surface area contributed by atoms with Crippen LogP contribution in [0.25, 0.3) is 0 Å². The van der Waals surface area contributed by atoms with Crippen LogP contribution in [-0.2, 0) is 0 Å². The summed E-state index contributed by atoms with van der Waals surface area (Å²) >= 11 is 6.26. The second-order valence-corrected chi connectivity index (χ2v) is 6.05. The monoisotopic (exact) mass is 349 g/mol. The van der Waals surface area contributed by atoms with Crippen molar-refractivity contribution in [2.45, 2.75) is 0 Å². The van der Waals surface area contributed by atoms with Crippen molar-refractivity contribution in [3.8, 4) is 0 Å². The van der Waals surface area contributed by atoms with E-state index in [1.54, 1.807) is 0 Å². The Kier molecular flexibility index (Phi) is 5.36. The number of hydrogen-bond donors (Lipinski definition) is 1. The van der Waals surface area contributed by atoms with Gasteiger partial charge in [-0.15, -0.1) is 0 Å². The first-order valence-corrected chi connectivity index (χ1v) is 8.47. The van der Waals surface area contributed by atoms with E-state index in [0.29, 0.717) is 5.02 Å². The molecule has 3 aromatic rings. The smallest absolute Gasteiger partial charge is 0.100 e. The number of halogens is 1. The number of hydrazone groups is 1. The van der Waals surface area contributed by atoms with E-state index in [2.05, 4.69) is 17.4 Å². The minimum atomic E-state index is 0.681. The van der Waals surface area contributed by atoms with Crippen LogP contribution in [0.4, 0.5) is 11.4 Å². The van der Waals surface area contributed by atoms with E-state index in [-0.39, 0.29) is 0 Å². The van der Waals surface area contributed by atoms with E-state index in [1.165, 1.54) is 0 Å². The maximum Gasteiger partial charge on any atom is 0.100 e. The molecule has 1 N–H and O–H groups in total. The highest BCUT2D eigenvalue weighted by atomic mass is 35.5. The Morgan fingerprint density at radius 1 is 0.920 bits per heavy atom. The van der Waals surface area contributed by atoms with E-state index in [1.807, 2.05) is 85.8 Å². The Labute approximate surface area is 153 Å². The molecule has 126 valence electrons. The molecule has 3 aromatic carbocycles. The molecule has 0 atom stereocenters. The van der Waals surface area contributed by atoms with Crippen LogP contribution in [0.5, 0.6) is 0 Å². The lowest BCUT2D eigenvalue weighted by Crippen LogP contribution is -2.16. The van der Waals surface area contributed by atoms with Gasteiger partial charge in [-0.3, -0.25) is 5.01 Å². The zero-order chi connectivity index (χ0) is 17.6. The molecule has 0 amide bonds. The lowest BCUT2D eigenvalue weighted by atomic mass is 10.0. The molecule has 0 bridgehead atoms. The Hall–Kier alpha value is -2.78. The molecule has 0 radical (unpaired) electrons. The fraction of sp³-hybridized carbons (Fsp3) is 0.0952. The van der Waals surface area contributed by atoms with Gasteiger partial charge in [-0.25, -0.2) is 0 Å². The maximum absolute atomic E-state index is 6.26. The molecule has 3 rings (SSSR count). The Morgan fingerprint density at radius 3 is 2.20 bits per heavy atom. The maximum atomic E-state index is 6.26. The molecule has 0 saturated carbocycles. The number of nitrogens with one attached hydrogen (secondary N) is 1. The van der Waals surface area contributed by atoms with Crippen LogP contribution >= 0.6 is 11.6 Å². The van der Waals surface area contributed by atoms with Gasteiger partial charge in [0.25, 0.3) is 0 Å². The van der Waals surface area contributed by atoms with Gasteiger partial charge >= 0.3 is 0 Å². The van der Waals surface area contributed by atoms with Gasteiger partial charge in [0.15, 0.2) is 0 Å². The van der Waals surface area contributed by atoms with Gasteiger partial charge < -0.3 is 5.32 Å². The molecular weight excluding hydrogens is 330 g/mol. The van der Waals surface area contributed by atoms with Crippen molar-refractivity contribution >= 4 is 28.7 Å². The summed E-state index contributed by atoms with van der Waals surface area (Å²) in [4.78, 5) is 0. The Morgan fingerprint density at radius 2 is 1.56 bits per heavy atom. The van der Waals surface area contributed by atoms with E-state index in [0.717, 1.165) is 28.2 Å². The Balaban J connectivity index is 2.14.